The summed E-state index contributed by atoms with van der Waals surface area (Å²) in [7, 11) is 0. The standard InChI is InChI=1S/C9H8O2.C3H4O2/c10-9(11)7-6-8-4-2-1-3-5-8;1-2-3(4)5/h1-7H,(H,10,11);2H,1H2,(H,4,5). The highest BCUT2D eigenvalue weighted by molar-refractivity contribution is 5.85. The first-order valence-corrected chi connectivity index (χ1v) is 4.37. The van der Waals surface area contributed by atoms with Crippen LogP contribution in [-0.4, -0.2) is 22.2 Å². The molecule has 16 heavy (non-hydrogen) atoms. The van der Waals surface area contributed by atoms with Crippen LogP contribution < -0.4 is 0 Å². The van der Waals surface area contributed by atoms with Crippen LogP contribution in [0, 0.1) is 0 Å². The summed E-state index contributed by atoms with van der Waals surface area (Å²) in [5, 5.41) is 15.9. The van der Waals surface area contributed by atoms with Gasteiger partial charge in [-0.2, -0.15) is 0 Å². The quantitative estimate of drug-likeness (QED) is 0.764. The van der Waals surface area contributed by atoms with Crippen molar-refractivity contribution in [2.24, 2.45) is 0 Å². The van der Waals surface area contributed by atoms with Gasteiger partial charge in [0, 0.05) is 12.2 Å². The molecule has 4 heteroatoms. The summed E-state index contributed by atoms with van der Waals surface area (Å²) in [6, 6.07) is 9.31. The van der Waals surface area contributed by atoms with Gasteiger partial charge in [0.05, 0.1) is 0 Å². The van der Waals surface area contributed by atoms with Gasteiger partial charge in [-0.05, 0) is 11.6 Å². The number of aliphatic carboxylic acids is 2. The SMILES string of the molecule is C=CC(=O)O.O=C(O)C=Cc1ccccc1. The smallest absolute Gasteiger partial charge is 0.328 e. The summed E-state index contributed by atoms with van der Waals surface area (Å²) in [4.78, 5) is 19.3. The molecule has 1 rings (SSSR count). The molecule has 0 aliphatic carbocycles. The Labute approximate surface area is 93.2 Å². The summed E-state index contributed by atoms with van der Waals surface area (Å²) in [5.74, 6) is -1.90. The lowest BCUT2D eigenvalue weighted by molar-refractivity contribution is -0.132. The van der Waals surface area contributed by atoms with Crippen LogP contribution in [-0.2, 0) is 9.59 Å². The fourth-order valence-electron chi connectivity index (χ4n) is 0.732. The summed E-state index contributed by atoms with van der Waals surface area (Å²) >= 11 is 0. The van der Waals surface area contributed by atoms with Crippen LogP contribution in [0.5, 0.6) is 0 Å². The number of carbonyl (C=O) groups is 2. The normalized spacial score (nSPS) is 9.00. The van der Waals surface area contributed by atoms with E-state index in [0.717, 1.165) is 17.7 Å². The van der Waals surface area contributed by atoms with E-state index in [1.54, 1.807) is 6.08 Å². The fourth-order valence-corrected chi connectivity index (χ4v) is 0.732. The summed E-state index contributed by atoms with van der Waals surface area (Å²) in [5.41, 5.74) is 0.898. The number of benzene rings is 1. The van der Waals surface area contributed by atoms with Gasteiger partial charge in [0.15, 0.2) is 0 Å². The van der Waals surface area contributed by atoms with Crippen molar-refractivity contribution in [3.05, 3.63) is 54.6 Å². The largest absolute Gasteiger partial charge is 0.478 e. The molecule has 0 aromatic heterocycles. The van der Waals surface area contributed by atoms with Crippen molar-refractivity contribution in [3.63, 3.8) is 0 Å². The predicted molar refractivity (Wildman–Crippen MR) is 60.9 cm³/mol. The molecule has 84 valence electrons. The zero-order valence-corrected chi connectivity index (χ0v) is 8.54. The molecule has 0 fully saturated rings. The molecule has 0 atom stereocenters. The van der Waals surface area contributed by atoms with Crippen LogP contribution in [0.1, 0.15) is 5.56 Å². The minimum absolute atomic E-state index is 0.833. The maximum atomic E-state index is 10.1. The van der Waals surface area contributed by atoms with E-state index in [4.69, 9.17) is 10.2 Å². The van der Waals surface area contributed by atoms with Crippen molar-refractivity contribution in [2.75, 3.05) is 0 Å². The molecule has 4 nitrogen and oxygen atoms in total. The highest BCUT2D eigenvalue weighted by Gasteiger charge is 1.85. The van der Waals surface area contributed by atoms with Gasteiger partial charge in [-0.1, -0.05) is 36.9 Å². The molecule has 0 spiro atoms. The maximum absolute atomic E-state index is 10.1. The molecular formula is C12H12O4. The van der Waals surface area contributed by atoms with Crippen molar-refractivity contribution >= 4 is 18.0 Å². The molecule has 1 aromatic rings. The van der Waals surface area contributed by atoms with Crippen LogP contribution in [0.4, 0.5) is 0 Å². The molecule has 2 N–H and O–H groups in total. The molecule has 0 unspecified atom stereocenters. The molecule has 0 aliphatic rings. The first-order valence-electron chi connectivity index (χ1n) is 4.37. The van der Waals surface area contributed by atoms with Gasteiger partial charge in [-0.15, -0.1) is 0 Å². The molecule has 0 amide bonds. The number of hydrogen-bond donors (Lipinski definition) is 2. The van der Waals surface area contributed by atoms with E-state index < -0.39 is 11.9 Å². The average Bonchev–Trinajstić information content (AvgIpc) is 2.28. The monoisotopic (exact) mass is 220 g/mol. The second-order valence-electron chi connectivity index (χ2n) is 2.62. The zero-order chi connectivity index (χ0) is 12.4. The Morgan fingerprint density at radius 3 is 1.94 bits per heavy atom. The highest BCUT2D eigenvalue weighted by Crippen LogP contribution is 1.99. The molecule has 0 bridgehead atoms. The molecule has 0 saturated heterocycles. The first kappa shape index (κ1) is 13.6. The van der Waals surface area contributed by atoms with E-state index in [1.807, 2.05) is 30.3 Å². The maximum Gasteiger partial charge on any atom is 0.328 e. The van der Waals surface area contributed by atoms with Gasteiger partial charge in [-0.3, -0.25) is 0 Å². The Morgan fingerprint density at radius 1 is 1.06 bits per heavy atom. The molecular weight excluding hydrogens is 208 g/mol. The van der Waals surface area contributed by atoms with E-state index in [9.17, 15) is 9.59 Å². The number of hydrogen-bond acceptors (Lipinski definition) is 2. The van der Waals surface area contributed by atoms with E-state index in [1.165, 1.54) is 0 Å². The van der Waals surface area contributed by atoms with Crippen molar-refractivity contribution in [1.29, 1.82) is 0 Å². The molecule has 0 saturated carbocycles. The number of rotatable bonds is 3. The minimum atomic E-state index is -0.981. The van der Waals surface area contributed by atoms with Crippen LogP contribution in [0.25, 0.3) is 6.08 Å². The molecule has 0 aliphatic heterocycles. The van der Waals surface area contributed by atoms with Crippen LogP contribution in [0.2, 0.25) is 0 Å². The second-order valence-corrected chi connectivity index (χ2v) is 2.62. The third-order valence-electron chi connectivity index (χ3n) is 1.39. The molecule has 1 aromatic carbocycles. The molecule has 0 heterocycles. The lowest BCUT2D eigenvalue weighted by Gasteiger charge is -1.87. The second kappa shape index (κ2) is 7.99. The van der Waals surface area contributed by atoms with Gasteiger partial charge in [0.25, 0.3) is 0 Å². The Hall–Kier alpha value is -2.36. The Bertz CT molecular complexity index is 379. The summed E-state index contributed by atoms with van der Waals surface area (Å²) < 4.78 is 0. The van der Waals surface area contributed by atoms with E-state index >= 15 is 0 Å². The van der Waals surface area contributed by atoms with E-state index in [-0.39, 0.29) is 0 Å². The van der Waals surface area contributed by atoms with Crippen molar-refractivity contribution in [1.82, 2.24) is 0 Å². The van der Waals surface area contributed by atoms with Crippen LogP contribution >= 0.6 is 0 Å². The first-order chi connectivity index (χ1) is 7.56. The van der Waals surface area contributed by atoms with E-state index in [0.29, 0.717) is 0 Å². The number of carboxylic acid groups (broad SMARTS) is 2. The van der Waals surface area contributed by atoms with Gasteiger partial charge in [0.1, 0.15) is 0 Å². The lowest BCUT2D eigenvalue weighted by atomic mass is 10.2. The third kappa shape index (κ3) is 8.25. The topological polar surface area (TPSA) is 74.6 Å². The Balaban J connectivity index is 0.000000385. The van der Waals surface area contributed by atoms with Crippen molar-refractivity contribution in [2.45, 2.75) is 0 Å². The summed E-state index contributed by atoms with van der Waals surface area (Å²) in [6.07, 6.45) is 3.51. The van der Waals surface area contributed by atoms with Crippen molar-refractivity contribution in [3.8, 4) is 0 Å². The van der Waals surface area contributed by atoms with Crippen LogP contribution in [0.3, 0.4) is 0 Å². The zero-order valence-electron chi connectivity index (χ0n) is 8.54. The van der Waals surface area contributed by atoms with Gasteiger partial charge in [0.2, 0.25) is 0 Å². The van der Waals surface area contributed by atoms with E-state index in [2.05, 4.69) is 6.58 Å². The number of carboxylic acids is 2. The van der Waals surface area contributed by atoms with Gasteiger partial charge >= 0.3 is 11.9 Å². The minimum Gasteiger partial charge on any atom is -0.478 e. The van der Waals surface area contributed by atoms with Crippen LogP contribution in [0.15, 0.2) is 49.1 Å². The molecule has 0 radical (unpaired) electrons. The lowest BCUT2D eigenvalue weighted by Crippen LogP contribution is -1.85. The highest BCUT2D eigenvalue weighted by atomic mass is 16.4. The Morgan fingerprint density at radius 2 is 1.56 bits per heavy atom. The average molecular weight is 220 g/mol. The third-order valence-corrected chi connectivity index (χ3v) is 1.39. The predicted octanol–water partition coefficient (Wildman–Crippen LogP) is 2.04. The fraction of sp³-hybridized carbons (Fsp3) is 0. The van der Waals surface area contributed by atoms with Gasteiger partial charge in [-0.25, -0.2) is 9.59 Å². The van der Waals surface area contributed by atoms with Gasteiger partial charge < -0.3 is 10.2 Å². The van der Waals surface area contributed by atoms with Crippen molar-refractivity contribution < 1.29 is 19.8 Å². The Kier molecular flexibility index (Phi) is 6.81. The summed E-state index contributed by atoms with van der Waals surface area (Å²) in [6.45, 7) is 2.96.